The minimum atomic E-state index is -4.14. The fourth-order valence-electron chi connectivity index (χ4n) is 1.53. The van der Waals surface area contributed by atoms with Crippen LogP contribution in [0, 0.1) is 0 Å². The molecular formula is C12H16F3N. The fraction of sp³-hybridized carbons (Fsp3) is 0.500. The van der Waals surface area contributed by atoms with E-state index < -0.39 is 12.6 Å². The van der Waals surface area contributed by atoms with Crippen LogP contribution in [0.3, 0.4) is 0 Å². The Bertz CT molecular complexity index is 298. The highest BCUT2D eigenvalue weighted by atomic mass is 19.4. The molecule has 0 aliphatic rings. The number of nitrogens with two attached hydrogens (primary N) is 1. The van der Waals surface area contributed by atoms with Gasteiger partial charge in [0.1, 0.15) is 0 Å². The highest BCUT2D eigenvalue weighted by Gasteiger charge is 2.27. The average molecular weight is 231 g/mol. The van der Waals surface area contributed by atoms with Gasteiger partial charge in [0.2, 0.25) is 0 Å². The molecule has 1 aromatic carbocycles. The number of halogens is 3. The van der Waals surface area contributed by atoms with Crippen molar-refractivity contribution in [1.82, 2.24) is 0 Å². The number of alkyl halides is 3. The van der Waals surface area contributed by atoms with Crippen LogP contribution in [0.1, 0.15) is 25.0 Å². The van der Waals surface area contributed by atoms with Gasteiger partial charge in [-0.05, 0) is 31.4 Å². The van der Waals surface area contributed by atoms with Crippen LogP contribution in [0.5, 0.6) is 0 Å². The van der Waals surface area contributed by atoms with Crippen molar-refractivity contribution in [3.05, 3.63) is 35.4 Å². The normalized spacial score (nSPS) is 12.9. The van der Waals surface area contributed by atoms with Crippen molar-refractivity contribution >= 4 is 0 Å². The molecule has 0 unspecified atom stereocenters. The first kappa shape index (κ1) is 13.0. The van der Waals surface area contributed by atoms with Crippen molar-refractivity contribution in [2.24, 2.45) is 5.73 Å². The third kappa shape index (κ3) is 5.16. The molecule has 16 heavy (non-hydrogen) atoms. The maximum absolute atomic E-state index is 12.1. The Morgan fingerprint density at radius 1 is 0.938 bits per heavy atom. The molecule has 0 radical (unpaired) electrons. The zero-order valence-electron chi connectivity index (χ0n) is 9.43. The summed E-state index contributed by atoms with van der Waals surface area (Å²) in [6, 6.07) is 6.43. The Labute approximate surface area is 93.5 Å². The molecular weight excluding hydrogens is 215 g/mol. The van der Waals surface area contributed by atoms with Crippen molar-refractivity contribution in [2.75, 3.05) is 0 Å². The summed E-state index contributed by atoms with van der Waals surface area (Å²) in [5, 5.41) is 0. The first-order chi connectivity index (χ1) is 7.16. The van der Waals surface area contributed by atoms with Gasteiger partial charge in [-0.3, -0.25) is 0 Å². The van der Waals surface area contributed by atoms with E-state index in [-0.39, 0.29) is 11.1 Å². The van der Waals surface area contributed by atoms with Gasteiger partial charge in [-0.15, -0.1) is 0 Å². The van der Waals surface area contributed by atoms with Gasteiger partial charge in [0, 0.05) is 5.54 Å². The Kier molecular flexibility index (Phi) is 3.63. The van der Waals surface area contributed by atoms with Crippen LogP contribution in [-0.4, -0.2) is 11.7 Å². The van der Waals surface area contributed by atoms with Gasteiger partial charge in [-0.2, -0.15) is 13.2 Å². The van der Waals surface area contributed by atoms with Crippen molar-refractivity contribution in [3.8, 4) is 0 Å². The molecule has 0 aliphatic carbocycles. The Morgan fingerprint density at radius 2 is 1.31 bits per heavy atom. The maximum Gasteiger partial charge on any atom is 0.393 e. The van der Waals surface area contributed by atoms with E-state index in [1.807, 2.05) is 13.8 Å². The lowest BCUT2D eigenvalue weighted by molar-refractivity contribution is -0.127. The Hall–Kier alpha value is -1.03. The SMILES string of the molecule is CC(C)(N)Cc1ccc(CC(F)(F)F)cc1. The lowest BCUT2D eigenvalue weighted by Crippen LogP contribution is -2.34. The Balaban J connectivity index is 2.69. The molecule has 0 heterocycles. The molecule has 0 fully saturated rings. The Morgan fingerprint density at radius 3 is 1.62 bits per heavy atom. The second-order valence-electron chi connectivity index (χ2n) is 4.77. The van der Waals surface area contributed by atoms with Gasteiger partial charge in [0.25, 0.3) is 0 Å². The minimum absolute atomic E-state index is 0.283. The van der Waals surface area contributed by atoms with Crippen molar-refractivity contribution in [1.29, 1.82) is 0 Å². The quantitative estimate of drug-likeness (QED) is 0.850. The molecule has 1 nitrogen and oxygen atoms in total. The van der Waals surface area contributed by atoms with Gasteiger partial charge in [-0.25, -0.2) is 0 Å². The fourth-order valence-corrected chi connectivity index (χ4v) is 1.53. The summed E-state index contributed by atoms with van der Waals surface area (Å²) in [6.45, 7) is 3.77. The van der Waals surface area contributed by atoms with Crippen molar-refractivity contribution < 1.29 is 13.2 Å². The van der Waals surface area contributed by atoms with E-state index >= 15 is 0 Å². The summed E-state index contributed by atoms with van der Waals surface area (Å²) in [5.74, 6) is 0. The minimum Gasteiger partial charge on any atom is -0.325 e. The van der Waals surface area contributed by atoms with E-state index in [2.05, 4.69) is 0 Å². The van der Waals surface area contributed by atoms with Crippen LogP contribution in [0.4, 0.5) is 13.2 Å². The van der Waals surface area contributed by atoms with Crippen molar-refractivity contribution in [2.45, 2.75) is 38.4 Å². The summed E-state index contributed by atoms with van der Waals surface area (Å²) < 4.78 is 36.3. The second kappa shape index (κ2) is 4.45. The molecule has 4 heteroatoms. The molecule has 0 aliphatic heterocycles. The average Bonchev–Trinajstić information content (AvgIpc) is 2.03. The van der Waals surface area contributed by atoms with Gasteiger partial charge >= 0.3 is 6.18 Å². The lowest BCUT2D eigenvalue weighted by atomic mass is 9.95. The van der Waals surface area contributed by atoms with Crippen LogP contribution in [0.15, 0.2) is 24.3 Å². The van der Waals surface area contributed by atoms with Crippen LogP contribution in [0.25, 0.3) is 0 Å². The van der Waals surface area contributed by atoms with Gasteiger partial charge in [0.15, 0.2) is 0 Å². The molecule has 0 amide bonds. The van der Waals surface area contributed by atoms with E-state index in [1.54, 1.807) is 12.1 Å². The second-order valence-corrected chi connectivity index (χ2v) is 4.77. The molecule has 1 aromatic rings. The van der Waals surface area contributed by atoms with E-state index in [0.29, 0.717) is 6.42 Å². The smallest absolute Gasteiger partial charge is 0.325 e. The summed E-state index contributed by atoms with van der Waals surface area (Å²) in [6.07, 6.45) is -4.37. The summed E-state index contributed by atoms with van der Waals surface area (Å²) in [4.78, 5) is 0. The molecule has 0 saturated heterocycles. The third-order valence-electron chi connectivity index (χ3n) is 2.09. The number of rotatable bonds is 3. The predicted octanol–water partition coefficient (Wildman–Crippen LogP) is 3.07. The van der Waals surface area contributed by atoms with Crippen LogP contribution in [0.2, 0.25) is 0 Å². The summed E-state index contributed by atoms with van der Waals surface area (Å²) >= 11 is 0. The zero-order valence-corrected chi connectivity index (χ0v) is 9.43. The van der Waals surface area contributed by atoms with E-state index in [4.69, 9.17) is 5.73 Å². The summed E-state index contributed by atoms with van der Waals surface area (Å²) in [5.41, 5.74) is 6.73. The highest BCUT2D eigenvalue weighted by Crippen LogP contribution is 2.21. The molecule has 1 rings (SSSR count). The van der Waals surface area contributed by atoms with Crippen LogP contribution >= 0.6 is 0 Å². The number of hydrogen-bond donors (Lipinski definition) is 1. The largest absolute Gasteiger partial charge is 0.393 e. The third-order valence-corrected chi connectivity index (χ3v) is 2.09. The van der Waals surface area contributed by atoms with E-state index in [9.17, 15) is 13.2 Å². The van der Waals surface area contributed by atoms with Crippen molar-refractivity contribution in [3.63, 3.8) is 0 Å². The van der Waals surface area contributed by atoms with E-state index in [0.717, 1.165) is 5.56 Å². The van der Waals surface area contributed by atoms with Gasteiger partial charge < -0.3 is 5.73 Å². The lowest BCUT2D eigenvalue weighted by Gasteiger charge is -2.18. The molecule has 0 bridgehead atoms. The van der Waals surface area contributed by atoms with E-state index in [1.165, 1.54) is 12.1 Å². The first-order valence-electron chi connectivity index (χ1n) is 5.09. The number of benzene rings is 1. The topological polar surface area (TPSA) is 26.0 Å². The molecule has 0 spiro atoms. The van der Waals surface area contributed by atoms with Crippen LogP contribution in [-0.2, 0) is 12.8 Å². The van der Waals surface area contributed by atoms with Gasteiger partial charge in [0.05, 0.1) is 6.42 Å². The van der Waals surface area contributed by atoms with Gasteiger partial charge in [-0.1, -0.05) is 24.3 Å². The molecule has 0 aromatic heterocycles. The number of hydrogen-bond acceptors (Lipinski definition) is 1. The molecule has 0 atom stereocenters. The predicted molar refractivity (Wildman–Crippen MR) is 58.2 cm³/mol. The van der Waals surface area contributed by atoms with Crippen LogP contribution < -0.4 is 5.73 Å². The maximum atomic E-state index is 12.1. The highest BCUT2D eigenvalue weighted by molar-refractivity contribution is 5.24. The molecule has 90 valence electrons. The standard InChI is InChI=1S/C12H16F3N/c1-11(2,16)7-9-3-5-10(6-4-9)8-12(13,14)15/h3-6H,7-8,16H2,1-2H3. The zero-order chi connectivity index (χ0) is 12.4. The monoisotopic (exact) mass is 231 g/mol. The summed E-state index contributed by atoms with van der Waals surface area (Å²) in [7, 11) is 0. The first-order valence-corrected chi connectivity index (χ1v) is 5.09. The molecule has 2 N–H and O–H groups in total. The molecule has 0 saturated carbocycles.